The van der Waals surface area contributed by atoms with Crippen LogP contribution in [-0.2, 0) is 31.8 Å². The summed E-state index contributed by atoms with van der Waals surface area (Å²) in [6.45, 7) is 0.0152. The highest BCUT2D eigenvalue weighted by molar-refractivity contribution is 5.88. The lowest BCUT2D eigenvalue weighted by molar-refractivity contribution is -0.146. The predicted octanol–water partition coefficient (Wildman–Crippen LogP) is 4.54. The van der Waals surface area contributed by atoms with Crippen LogP contribution in [0.4, 0.5) is 18.0 Å². The molecule has 1 aliphatic heterocycles. The molecule has 0 N–H and O–H groups in total. The van der Waals surface area contributed by atoms with E-state index in [0.717, 1.165) is 17.7 Å². The number of hydrogen-bond acceptors (Lipinski definition) is 5. The Morgan fingerprint density at radius 3 is 2.31 bits per heavy atom. The van der Waals surface area contributed by atoms with Crippen molar-refractivity contribution >= 4 is 17.8 Å². The second-order valence-electron chi connectivity index (χ2n) is 7.40. The lowest BCUT2D eigenvalue weighted by atomic mass is 9.81. The predicted molar refractivity (Wildman–Crippen MR) is 107 cm³/mol. The molecule has 32 heavy (non-hydrogen) atoms. The van der Waals surface area contributed by atoms with Crippen LogP contribution in [0.25, 0.3) is 0 Å². The second kappa shape index (κ2) is 9.84. The van der Waals surface area contributed by atoms with Crippen molar-refractivity contribution < 1.29 is 37.0 Å². The number of carbonyl (C=O) groups is 3. The number of likely N-dealkylation sites (tertiary alicyclic amines) is 1. The van der Waals surface area contributed by atoms with Crippen LogP contribution in [0.1, 0.15) is 35.6 Å². The first-order valence-corrected chi connectivity index (χ1v) is 9.94. The average molecular weight is 449 g/mol. The van der Waals surface area contributed by atoms with Crippen LogP contribution in [0.2, 0.25) is 0 Å². The number of halogens is 3. The minimum atomic E-state index is -4.53. The zero-order valence-electron chi connectivity index (χ0n) is 17.3. The molecule has 2 aromatic rings. The van der Waals surface area contributed by atoms with E-state index in [4.69, 9.17) is 4.74 Å². The molecule has 170 valence electrons. The molecule has 3 rings (SSSR count). The fourth-order valence-corrected chi connectivity index (χ4v) is 3.73. The van der Waals surface area contributed by atoms with Gasteiger partial charge in [0.15, 0.2) is 0 Å². The number of alkyl halides is 3. The van der Waals surface area contributed by atoms with E-state index in [2.05, 4.69) is 4.74 Å². The van der Waals surface area contributed by atoms with E-state index in [9.17, 15) is 27.6 Å². The summed E-state index contributed by atoms with van der Waals surface area (Å²) in [6, 6.07) is 12.2. The quantitative estimate of drug-likeness (QED) is 0.627. The lowest BCUT2D eigenvalue weighted by Gasteiger charge is -2.39. The fourth-order valence-electron chi connectivity index (χ4n) is 3.73. The number of piperidine rings is 1. The van der Waals surface area contributed by atoms with Crippen molar-refractivity contribution in [3.63, 3.8) is 0 Å². The molecule has 0 unspecified atom stereocenters. The van der Waals surface area contributed by atoms with Crippen molar-refractivity contribution in [3.8, 4) is 0 Å². The molecule has 0 spiro atoms. The maximum Gasteiger partial charge on any atom is 0.416 e. The summed E-state index contributed by atoms with van der Waals surface area (Å²) in [7, 11) is 1.18. The SMILES string of the molecule is COC(=O)C[C@H]1C(=O)CCN(C(=O)OCc2ccccc2)[C@@H]1c1ccc(C(F)(F)F)cc1. The summed E-state index contributed by atoms with van der Waals surface area (Å²) in [5.41, 5.74) is 0.203. The topological polar surface area (TPSA) is 72.9 Å². The van der Waals surface area contributed by atoms with Crippen LogP contribution < -0.4 is 0 Å². The summed E-state index contributed by atoms with van der Waals surface area (Å²) in [6.07, 6.45) is -5.55. The summed E-state index contributed by atoms with van der Waals surface area (Å²) < 4.78 is 49.0. The number of methoxy groups -OCH3 is 1. The van der Waals surface area contributed by atoms with Gasteiger partial charge >= 0.3 is 18.2 Å². The number of amides is 1. The maximum atomic E-state index is 13.0. The Hall–Kier alpha value is -3.36. The number of ether oxygens (including phenoxy) is 2. The summed E-state index contributed by atoms with van der Waals surface area (Å²) in [4.78, 5) is 38.7. The summed E-state index contributed by atoms with van der Waals surface area (Å²) >= 11 is 0. The van der Waals surface area contributed by atoms with Gasteiger partial charge in [0, 0.05) is 13.0 Å². The third kappa shape index (κ3) is 5.46. The molecule has 1 heterocycles. The molecule has 6 nitrogen and oxygen atoms in total. The Labute approximate surface area is 182 Å². The van der Waals surface area contributed by atoms with E-state index in [1.807, 2.05) is 6.07 Å². The molecule has 2 atom stereocenters. The third-order valence-electron chi connectivity index (χ3n) is 5.36. The molecular formula is C23H22F3NO5. The Morgan fingerprint density at radius 2 is 1.72 bits per heavy atom. The van der Waals surface area contributed by atoms with Crippen LogP contribution in [0.3, 0.4) is 0 Å². The van der Waals surface area contributed by atoms with Gasteiger partial charge in [0.1, 0.15) is 12.4 Å². The summed E-state index contributed by atoms with van der Waals surface area (Å²) in [5.74, 6) is -1.88. The number of benzene rings is 2. The van der Waals surface area contributed by atoms with Crippen molar-refractivity contribution in [1.82, 2.24) is 4.90 Å². The third-order valence-corrected chi connectivity index (χ3v) is 5.36. The van der Waals surface area contributed by atoms with Crippen molar-refractivity contribution in [3.05, 3.63) is 71.3 Å². The van der Waals surface area contributed by atoms with E-state index in [-0.39, 0.29) is 31.8 Å². The van der Waals surface area contributed by atoms with E-state index in [1.54, 1.807) is 24.3 Å². The number of esters is 1. The van der Waals surface area contributed by atoms with E-state index in [0.29, 0.717) is 5.56 Å². The first-order valence-electron chi connectivity index (χ1n) is 9.94. The van der Waals surface area contributed by atoms with Gasteiger partial charge in [-0.05, 0) is 23.3 Å². The van der Waals surface area contributed by atoms with Crippen LogP contribution in [0.5, 0.6) is 0 Å². The number of carbonyl (C=O) groups excluding carboxylic acids is 3. The van der Waals surface area contributed by atoms with Crippen molar-refractivity contribution in [2.75, 3.05) is 13.7 Å². The highest BCUT2D eigenvalue weighted by Crippen LogP contribution is 2.38. The molecule has 0 aliphatic carbocycles. The van der Waals surface area contributed by atoms with Gasteiger partial charge in [0.25, 0.3) is 0 Å². The van der Waals surface area contributed by atoms with Gasteiger partial charge in [-0.3, -0.25) is 14.5 Å². The zero-order chi connectivity index (χ0) is 23.3. The van der Waals surface area contributed by atoms with Crippen LogP contribution in [0.15, 0.2) is 54.6 Å². The fraction of sp³-hybridized carbons (Fsp3) is 0.348. The van der Waals surface area contributed by atoms with Gasteiger partial charge < -0.3 is 9.47 Å². The zero-order valence-corrected chi connectivity index (χ0v) is 17.3. The van der Waals surface area contributed by atoms with Gasteiger partial charge in [-0.2, -0.15) is 13.2 Å². The average Bonchev–Trinajstić information content (AvgIpc) is 2.78. The molecule has 0 bridgehead atoms. The molecular weight excluding hydrogens is 427 g/mol. The van der Waals surface area contributed by atoms with E-state index >= 15 is 0 Å². The Balaban J connectivity index is 1.90. The van der Waals surface area contributed by atoms with Crippen LogP contribution in [-0.4, -0.2) is 36.4 Å². The number of nitrogens with zero attached hydrogens (tertiary/aromatic N) is 1. The van der Waals surface area contributed by atoms with Gasteiger partial charge in [0.05, 0.1) is 31.1 Å². The number of ketones is 1. The van der Waals surface area contributed by atoms with E-state index < -0.39 is 35.8 Å². The highest BCUT2D eigenvalue weighted by Gasteiger charge is 2.42. The van der Waals surface area contributed by atoms with E-state index in [1.165, 1.54) is 24.1 Å². The largest absolute Gasteiger partial charge is 0.469 e. The first kappa shape index (κ1) is 23.3. The molecule has 1 amide bonds. The molecule has 0 aromatic heterocycles. The highest BCUT2D eigenvalue weighted by atomic mass is 19.4. The molecule has 1 saturated heterocycles. The smallest absolute Gasteiger partial charge is 0.416 e. The number of Topliss-reactive ketones (excluding diaryl/α,β-unsaturated/α-hetero) is 1. The van der Waals surface area contributed by atoms with Crippen LogP contribution in [0, 0.1) is 5.92 Å². The Bertz CT molecular complexity index is 960. The molecule has 1 fully saturated rings. The Kier molecular flexibility index (Phi) is 7.17. The normalized spacial score (nSPS) is 18.9. The monoisotopic (exact) mass is 449 g/mol. The molecule has 2 aromatic carbocycles. The first-order chi connectivity index (χ1) is 15.2. The van der Waals surface area contributed by atoms with Gasteiger partial charge in [-0.15, -0.1) is 0 Å². The standard InChI is InChI=1S/C23H22F3NO5/c1-31-20(29)13-18-19(28)11-12-27(22(30)32-14-15-5-3-2-4-6-15)21(18)16-7-9-17(10-8-16)23(24,25)26/h2-10,18,21H,11-14H2,1H3/t18-,21+/m0/s1. The lowest BCUT2D eigenvalue weighted by Crippen LogP contribution is -2.47. The molecule has 9 heteroatoms. The number of rotatable bonds is 5. The molecule has 0 radical (unpaired) electrons. The number of hydrogen-bond donors (Lipinski definition) is 0. The minimum absolute atomic E-state index is 0.000761. The van der Waals surface area contributed by atoms with Gasteiger partial charge in [0.2, 0.25) is 0 Å². The molecule has 0 saturated carbocycles. The second-order valence-corrected chi connectivity index (χ2v) is 7.40. The molecule has 1 aliphatic rings. The minimum Gasteiger partial charge on any atom is -0.469 e. The van der Waals surface area contributed by atoms with Crippen molar-refractivity contribution in [1.29, 1.82) is 0 Å². The van der Waals surface area contributed by atoms with Crippen molar-refractivity contribution in [2.45, 2.75) is 31.7 Å². The van der Waals surface area contributed by atoms with Crippen molar-refractivity contribution in [2.24, 2.45) is 5.92 Å². The van der Waals surface area contributed by atoms with Gasteiger partial charge in [-0.1, -0.05) is 42.5 Å². The summed E-state index contributed by atoms with van der Waals surface area (Å²) in [5, 5.41) is 0. The van der Waals surface area contributed by atoms with Gasteiger partial charge in [-0.25, -0.2) is 4.79 Å². The maximum absolute atomic E-state index is 13.0. The van der Waals surface area contributed by atoms with Crippen LogP contribution >= 0.6 is 0 Å². The Morgan fingerprint density at radius 1 is 1.06 bits per heavy atom.